The Kier molecular flexibility index (Phi) is 5.53. The predicted octanol–water partition coefficient (Wildman–Crippen LogP) is 3.46. The van der Waals surface area contributed by atoms with Crippen LogP contribution in [0.15, 0.2) is 24.3 Å². The van der Waals surface area contributed by atoms with E-state index >= 15 is 0 Å². The summed E-state index contributed by atoms with van der Waals surface area (Å²) in [5.74, 6) is 0.299. The van der Waals surface area contributed by atoms with Crippen LogP contribution in [0.2, 0.25) is 0 Å². The lowest BCUT2D eigenvalue weighted by atomic mass is 10.2. The molecule has 1 aromatic rings. The number of esters is 1. The van der Waals surface area contributed by atoms with Crippen molar-refractivity contribution in [3.8, 4) is 5.75 Å². The van der Waals surface area contributed by atoms with E-state index in [0.717, 1.165) is 25.1 Å². The van der Waals surface area contributed by atoms with E-state index in [4.69, 9.17) is 4.74 Å². The number of hydrogen-bond acceptors (Lipinski definition) is 3. The van der Waals surface area contributed by atoms with Crippen molar-refractivity contribution in [3.63, 3.8) is 0 Å². The first kappa shape index (κ1) is 13.6. The number of anilines is 1. The molecule has 3 nitrogen and oxygen atoms in total. The minimum atomic E-state index is -0.198. The molecule has 1 N–H and O–H groups in total. The second-order valence-electron chi connectivity index (χ2n) is 4.38. The zero-order valence-corrected chi connectivity index (χ0v) is 10.8. The van der Waals surface area contributed by atoms with Crippen molar-refractivity contribution < 1.29 is 9.53 Å². The lowest BCUT2D eigenvalue weighted by Crippen LogP contribution is -2.14. The third-order valence-corrected chi connectivity index (χ3v) is 2.38. The molecule has 0 saturated heterocycles. The van der Waals surface area contributed by atoms with E-state index in [-0.39, 0.29) is 11.9 Å². The fourth-order valence-corrected chi connectivity index (χ4v) is 1.31. The molecule has 0 atom stereocenters. The highest BCUT2D eigenvalue weighted by molar-refractivity contribution is 5.74. The zero-order valence-electron chi connectivity index (χ0n) is 10.8. The monoisotopic (exact) mass is 235 g/mol. The molecule has 1 aromatic carbocycles. The van der Waals surface area contributed by atoms with E-state index in [1.165, 1.54) is 0 Å². The van der Waals surface area contributed by atoms with Gasteiger partial charge in [0.05, 0.1) is 5.92 Å². The van der Waals surface area contributed by atoms with Crippen molar-refractivity contribution in [2.75, 3.05) is 11.9 Å². The minimum Gasteiger partial charge on any atom is -0.426 e. The minimum absolute atomic E-state index is 0.105. The molecule has 0 amide bonds. The normalized spacial score (nSPS) is 10.4. The summed E-state index contributed by atoms with van der Waals surface area (Å²) in [6.45, 7) is 6.75. The molecule has 0 saturated carbocycles. The Balaban J connectivity index is 2.56. The Hall–Kier alpha value is -1.51. The van der Waals surface area contributed by atoms with Gasteiger partial charge < -0.3 is 10.1 Å². The third kappa shape index (κ3) is 4.89. The number of carbonyl (C=O) groups excluding carboxylic acids is 1. The molecular formula is C14H21NO2. The average molecular weight is 235 g/mol. The van der Waals surface area contributed by atoms with Crippen molar-refractivity contribution in [1.82, 2.24) is 0 Å². The van der Waals surface area contributed by atoms with Crippen LogP contribution in [-0.4, -0.2) is 12.5 Å². The van der Waals surface area contributed by atoms with Crippen molar-refractivity contribution in [3.05, 3.63) is 24.3 Å². The largest absolute Gasteiger partial charge is 0.426 e. The number of carbonyl (C=O) groups is 1. The number of unbranched alkanes of at least 4 members (excludes halogenated alkanes) is 1. The van der Waals surface area contributed by atoms with Gasteiger partial charge in [-0.2, -0.15) is 0 Å². The Bertz CT molecular complexity index is 361. The molecule has 1 rings (SSSR count). The molecule has 0 aromatic heterocycles. The molecular weight excluding hydrogens is 214 g/mol. The molecule has 0 radical (unpaired) electrons. The van der Waals surface area contributed by atoms with Crippen LogP contribution in [0.4, 0.5) is 5.69 Å². The van der Waals surface area contributed by atoms with Gasteiger partial charge in [-0.25, -0.2) is 0 Å². The first-order valence-electron chi connectivity index (χ1n) is 6.19. The van der Waals surface area contributed by atoms with Crippen LogP contribution in [0.5, 0.6) is 5.75 Å². The van der Waals surface area contributed by atoms with Crippen LogP contribution in [0.3, 0.4) is 0 Å². The number of ether oxygens (including phenoxy) is 1. The molecule has 0 heterocycles. The van der Waals surface area contributed by atoms with Gasteiger partial charge in [0, 0.05) is 18.3 Å². The smallest absolute Gasteiger partial charge is 0.313 e. The van der Waals surface area contributed by atoms with Gasteiger partial charge in [-0.05, 0) is 18.6 Å². The van der Waals surface area contributed by atoms with E-state index in [0.29, 0.717) is 5.75 Å². The van der Waals surface area contributed by atoms with Crippen molar-refractivity contribution >= 4 is 11.7 Å². The second kappa shape index (κ2) is 6.94. The highest BCUT2D eigenvalue weighted by Gasteiger charge is 2.09. The molecule has 94 valence electrons. The Morgan fingerprint density at radius 3 is 2.82 bits per heavy atom. The van der Waals surface area contributed by atoms with Crippen molar-refractivity contribution in [1.29, 1.82) is 0 Å². The maximum atomic E-state index is 11.4. The average Bonchev–Trinajstić information content (AvgIpc) is 2.30. The molecule has 3 heteroatoms. The van der Waals surface area contributed by atoms with Crippen LogP contribution < -0.4 is 10.1 Å². The van der Waals surface area contributed by atoms with Crippen LogP contribution in [0.25, 0.3) is 0 Å². The standard InChI is InChI=1S/C14H21NO2/c1-4-5-9-15-12-7-6-8-13(10-12)17-14(16)11(2)3/h6-8,10-11,15H,4-5,9H2,1-3H3. The number of rotatable bonds is 6. The summed E-state index contributed by atoms with van der Waals surface area (Å²) in [5, 5.41) is 3.30. The lowest BCUT2D eigenvalue weighted by molar-refractivity contribution is -0.137. The highest BCUT2D eigenvalue weighted by atomic mass is 16.5. The summed E-state index contributed by atoms with van der Waals surface area (Å²) in [6, 6.07) is 7.51. The topological polar surface area (TPSA) is 38.3 Å². The fourth-order valence-electron chi connectivity index (χ4n) is 1.31. The summed E-state index contributed by atoms with van der Waals surface area (Å²) < 4.78 is 5.24. The molecule has 0 fully saturated rings. The van der Waals surface area contributed by atoms with Gasteiger partial charge in [0.15, 0.2) is 0 Å². The number of hydrogen-bond donors (Lipinski definition) is 1. The maximum absolute atomic E-state index is 11.4. The van der Waals surface area contributed by atoms with Crippen molar-refractivity contribution in [2.24, 2.45) is 5.92 Å². The first-order chi connectivity index (χ1) is 8.13. The molecule has 0 spiro atoms. The van der Waals surface area contributed by atoms with Gasteiger partial charge in [-0.3, -0.25) is 4.79 Å². The van der Waals surface area contributed by atoms with Crippen LogP contribution in [0.1, 0.15) is 33.6 Å². The SMILES string of the molecule is CCCCNc1cccc(OC(=O)C(C)C)c1. The molecule has 17 heavy (non-hydrogen) atoms. The summed E-state index contributed by atoms with van der Waals surface area (Å²) >= 11 is 0. The van der Waals surface area contributed by atoms with Gasteiger partial charge in [0.25, 0.3) is 0 Å². The van der Waals surface area contributed by atoms with Gasteiger partial charge in [0.1, 0.15) is 5.75 Å². The van der Waals surface area contributed by atoms with E-state index in [2.05, 4.69) is 12.2 Å². The zero-order chi connectivity index (χ0) is 12.7. The Labute approximate surface area is 103 Å². The molecule has 0 unspecified atom stereocenters. The maximum Gasteiger partial charge on any atom is 0.313 e. The number of benzene rings is 1. The molecule has 0 aliphatic carbocycles. The molecule has 0 bridgehead atoms. The summed E-state index contributed by atoms with van der Waals surface area (Å²) in [7, 11) is 0. The van der Waals surface area contributed by atoms with Gasteiger partial charge in [-0.15, -0.1) is 0 Å². The lowest BCUT2D eigenvalue weighted by Gasteiger charge is -2.09. The molecule has 0 aliphatic rings. The first-order valence-corrected chi connectivity index (χ1v) is 6.19. The van der Waals surface area contributed by atoms with E-state index < -0.39 is 0 Å². The number of nitrogens with one attached hydrogen (secondary N) is 1. The van der Waals surface area contributed by atoms with Gasteiger partial charge >= 0.3 is 5.97 Å². The highest BCUT2D eigenvalue weighted by Crippen LogP contribution is 2.18. The third-order valence-electron chi connectivity index (χ3n) is 2.38. The quantitative estimate of drug-likeness (QED) is 0.466. The fraction of sp³-hybridized carbons (Fsp3) is 0.500. The summed E-state index contributed by atoms with van der Waals surface area (Å²) in [4.78, 5) is 11.4. The van der Waals surface area contributed by atoms with Crippen LogP contribution >= 0.6 is 0 Å². The van der Waals surface area contributed by atoms with Gasteiger partial charge in [0.2, 0.25) is 0 Å². The van der Waals surface area contributed by atoms with Crippen LogP contribution in [0, 0.1) is 5.92 Å². The molecule has 0 aliphatic heterocycles. The van der Waals surface area contributed by atoms with E-state index in [1.54, 1.807) is 6.07 Å². The van der Waals surface area contributed by atoms with Crippen LogP contribution in [-0.2, 0) is 4.79 Å². The van der Waals surface area contributed by atoms with Gasteiger partial charge in [-0.1, -0.05) is 33.3 Å². The summed E-state index contributed by atoms with van der Waals surface area (Å²) in [6.07, 6.45) is 2.30. The van der Waals surface area contributed by atoms with E-state index in [1.807, 2.05) is 32.0 Å². The van der Waals surface area contributed by atoms with Crippen molar-refractivity contribution in [2.45, 2.75) is 33.6 Å². The summed E-state index contributed by atoms with van der Waals surface area (Å²) in [5.41, 5.74) is 0.993. The Morgan fingerprint density at radius 2 is 2.18 bits per heavy atom. The predicted molar refractivity (Wildman–Crippen MR) is 70.3 cm³/mol. The second-order valence-corrected chi connectivity index (χ2v) is 4.38. The Morgan fingerprint density at radius 1 is 1.41 bits per heavy atom. The van der Waals surface area contributed by atoms with E-state index in [9.17, 15) is 4.79 Å².